The van der Waals surface area contributed by atoms with Crippen molar-refractivity contribution in [3.05, 3.63) is 302 Å². The Hall–Kier alpha value is -9.12. The highest BCUT2D eigenvalue weighted by atomic mass is 15.3. The van der Waals surface area contributed by atoms with Crippen LogP contribution in [0.4, 0.5) is 45.5 Å². The van der Waals surface area contributed by atoms with Crippen molar-refractivity contribution in [2.75, 3.05) is 14.7 Å². The zero-order valence-electron chi connectivity index (χ0n) is 63.0. The second kappa shape index (κ2) is 21.0. The number of aryl methyl sites for hydroxylation is 1. The van der Waals surface area contributed by atoms with E-state index < -0.39 is 0 Å². The van der Waals surface area contributed by atoms with E-state index in [4.69, 9.17) is 0 Å². The highest BCUT2D eigenvalue weighted by Gasteiger charge is 2.59. The molecule has 3 heterocycles. The van der Waals surface area contributed by atoms with Crippen molar-refractivity contribution < 1.29 is 0 Å². The Bertz CT molecular complexity index is 5360. The molecule has 7 aliphatic rings. The lowest BCUT2D eigenvalue weighted by molar-refractivity contribution is 0.195. The van der Waals surface area contributed by atoms with E-state index in [1.807, 2.05) is 0 Å². The molecule has 4 aliphatic carbocycles. The van der Waals surface area contributed by atoms with Crippen molar-refractivity contribution in [3.63, 3.8) is 0 Å². The summed E-state index contributed by atoms with van der Waals surface area (Å²) in [6, 6.07) is 87.2. The molecule has 11 aromatic carbocycles. The molecule has 2 atom stereocenters. The molecule has 11 aromatic rings. The van der Waals surface area contributed by atoms with Crippen LogP contribution in [0.3, 0.4) is 0 Å². The second-order valence-corrected chi connectivity index (χ2v) is 36.1. The Morgan fingerprint density at radius 1 is 0.317 bits per heavy atom. The molecule has 2 unspecified atom stereocenters. The topological polar surface area (TPSA) is 9.72 Å². The molecule has 0 spiro atoms. The molecule has 3 nitrogen and oxygen atoms in total. The Labute approximate surface area is 602 Å². The van der Waals surface area contributed by atoms with E-state index in [1.165, 1.54) is 180 Å². The predicted molar refractivity (Wildman–Crippen MR) is 430 cm³/mol. The molecule has 18 rings (SSSR count). The molecule has 0 aromatic heterocycles. The predicted octanol–water partition coefficient (Wildman–Crippen LogP) is 23.3. The number of hydrogen-bond acceptors (Lipinski definition) is 3. The van der Waals surface area contributed by atoms with E-state index in [9.17, 15) is 0 Å². The quantitative estimate of drug-likeness (QED) is 0.159. The fraction of sp³-hybridized carbons (Fsp3) is 0.320. The zero-order valence-corrected chi connectivity index (χ0v) is 63.0. The van der Waals surface area contributed by atoms with Crippen LogP contribution in [0.5, 0.6) is 0 Å². The minimum absolute atomic E-state index is 0.107. The minimum Gasteiger partial charge on any atom is -0.334 e. The summed E-state index contributed by atoms with van der Waals surface area (Å²) < 4.78 is 0. The van der Waals surface area contributed by atoms with Gasteiger partial charge in [-0.05, 0) is 203 Å². The first-order valence-corrected chi connectivity index (χ1v) is 37.7. The average molecular weight is 1320 g/mol. The van der Waals surface area contributed by atoms with Gasteiger partial charge in [-0.3, -0.25) is 0 Å². The number of nitrogens with zero attached hydrogens (tertiary/aromatic N) is 3. The molecule has 3 aliphatic heterocycles. The van der Waals surface area contributed by atoms with Crippen LogP contribution in [0.15, 0.2) is 218 Å². The summed E-state index contributed by atoms with van der Waals surface area (Å²) in [6.07, 6.45) is 4.57. The fourth-order valence-corrected chi connectivity index (χ4v) is 21.3. The van der Waals surface area contributed by atoms with Gasteiger partial charge in [0, 0.05) is 83.3 Å². The molecule has 0 saturated heterocycles. The van der Waals surface area contributed by atoms with E-state index >= 15 is 0 Å². The summed E-state index contributed by atoms with van der Waals surface area (Å²) in [7, 11) is 0. The van der Waals surface area contributed by atoms with Crippen molar-refractivity contribution >= 4 is 68.6 Å². The standard InChI is InChI=1S/C97H98BN3/c1-59-49-72-75(93(11,12)69-40-28-25-37-66(69)90(72,5)6)56-83(59)100-85-58-77-74(92(9,10)68-39-27-30-42-71(68)95(77,15)16)55-80(85)98-79-54-73-76(94(13,14)70-41-29-26-38-67(70)91(73,7)8)57-84(79)99(81-46-44-63(89(2,3)4)51-65(81)61-35-23-20-24-36-61)86-52-64(53-87(100)88(86)98)101-82-45-43-62(60-33-21-19-22-34-60)50-78(82)96(17)47-31-32-48-97(96,101)18/h19-30,33-46,49-58H,31-32,47-48H2,1-18H3. The lowest BCUT2D eigenvalue weighted by Gasteiger charge is -2.52. The van der Waals surface area contributed by atoms with Crippen molar-refractivity contribution in [1.82, 2.24) is 0 Å². The van der Waals surface area contributed by atoms with Crippen LogP contribution in [0.1, 0.15) is 227 Å². The van der Waals surface area contributed by atoms with Gasteiger partial charge >= 0.3 is 0 Å². The Kier molecular flexibility index (Phi) is 13.3. The van der Waals surface area contributed by atoms with Crippen LogP contribution in [-0.4, -0.2) is 12.3 Å². The molecule has 0 amide bonds. The number of hydrogen-bond donors (Lipinski definition) is 0. The van der Waals surface area contributed by atoms with Gasteiger partial charge in [0.1, 0.15) is 0 Å². The summed E-state index contributed by atoms with van der Waals surface area (Å²) in [5, 5.41) is 0. The largest absolute Gasteiger partial charge is 0.334 e. The summed E-state index contributed by atoms with van der Waals surface area (Å²) >= 11 is 0. The maximum atomic E-state index is 2.89. The van der Waals surface area contributed by atoms with Gasteiger partial charge < -0.3 is 14.7 Å². The second-order valence-electron chi connectivity index (χ2n) is 36.1. The first-order valence-electron chi connectivity index (χ1n) is 37.7. The molecule has 0 radical (unpaired) electrons. The van der Waals surface area contributed by atoms with Crippen LogP contribution in [0.2, 0.25) is 0 Å². The van der Waals surface area contributed by atoms with Gasteiger partial charge in [-0.15, -0.1) is 0 Å². The Morgan fingerprint density at radius 3 is 1.18 bits per heavy atom. The Morgan fingerprint density at radius 2 is 0.713 bits per heavy atom. The summed E-state index contributed by atoms with van der Waals surface area (Å²) in [6.45, 7) is 44.6. The van der Waals surface area contributed by atoms with E-state index in [0.29, 0.717) is 0 Å². The normalized spacial score (nSPS) is 21.1. The highest BCUT2D eigenvalue weighted by molar-refractivity contribution is 7.00. The smallest absolute Gasteiger partial charge is 0.252 e. The third-order valence-corrected chi connectivity index (χ3v) is 27.4. The van der Waals surface area contributed by atoms with E-state index in [1.54, 1.807) is 0 Å². The fourth-order valence-electron chi connectivity index (χ4n) is 21.3. The number of rotatable bonds is 5. The first kappa shape index (κ1) is 64.0. The minimum atomic E-state index is -0.318. The van der Waals surface area contributed by atoms with Gasteiger partial charge in [0.05, 0.1) is 11.2 Å². The van der Waals surface area contributed by atoms with Crippen molar-refractivity contribution in [3.8, 4) is 22.3 Å². The summed E-state index contributed by atoms with van der Waals surface area (Å²) in [5.41, 5.74) is 37.7. The van der Waals surface area contributed by atoms with Crippen molar-refractivity contribution in [1.29, 1.82) is 0 Å². The van der Waals surface area contributed by atoms with Gasteiger partial charge in [-0.25, -0.2) is 0 Å². The zero-order chi connectivity index (χ0) is 70.4. The van der Waals surface area contributed by atoms with Gasteiger partial charge in [0.15, 0.2) is 0 Å². The lowest BCUT2D eigenvalue weighted by Crippen LogP contribution is -2.62. The van der Waals surface area contributed by atoms with Crippen LogP contribution in [0.25, 0.3) is 22.3 Å². The van der Waals surface area contributed by atoms with Gasteiger partial charge in [-0.1, -0.05) is 287 Å². The van der Waals surface area contributed by atoms with Crippen LogP contribution < -0.4 is 31.1 Å². The van der Waals surface area contributed by atoms with Crippen LogP contribution in [0, 0.1) is 6.92 Å². The Balaban J connectivity index is 1.03. The molecule has 4 heteroatoms. The van der Waals surface area contributed by atoms with Gasteiger partial charge in [0.25, 0.3) is 6.71 Å². The maximum Gasteiger partial charge on any atom is 0.252 e. The molecule has 1 fully saturated rings. The van der Waals surface area contributed by atoms with Gasteiger partial charge in [0.2, 0.25) is 0 Å². The van der Waals surface area contributed by atoms with Crippen molar-refractivity contribution in [2.45, 2.75) is 199 Å². The summed E-state index contributed by atoms with van der Waals surface area (Å²) in [5.74, 6) is 0. The number of fused-ring (bicyclic) bond motifs is 13. The van der Waals surface area contributed by atoms with Crippen LogP contribution in [-0.2, 0) is 43.3 Å². The third-order valence-electron chi connectivity index (χ3n) is 27.4. The van der Waals surface area contributed by atoms with E-state index in [0.717, 1.165) is 12.8 Å². The molecular formula is C97H98BN3. The third kappa shape index (κ3) is 8.54. The molecular weight excluding hydrogens is 1220 g/mol. The molecule has 101 heavy (non-hydrogen) atoms. The lowest BCUT2D eigenvalue weighted by atomic mass is 9.32. The highest BCUT2D eigenvalue weighted by Crippen LogP contribution is 2.64. The SMILES string of the molecule is Cc1cc2c(cc1N1c3cc4c(cc3B3c5cc6c(cc5N(c5ccc(C(C)(C)C)cc5-c5ccccc5)c5cc(N7c8ccc(-c9ccccc9)cc8C8(C)CCCCC78C)cc1c53)C(C)(C)c1ccccc1C6(C)C)C(C)(C)c1ccccc1C4(C)C)C(C)(C)c1ccccc1C2(C)C. The summed E-state index contributed by atoms with van der Waals surface area (Å²) in [4.78, 5) is 8.52. The van der Waals surface area contributed by atoms with Crippen molar-refractivity contribution in [2.24, 2.45) is 0 Å². The number of benzene rings is 11. The monoisotopic (exact) mass is 1320 g/mol. The van der Waals surface area contributed by atoms with Gasteiger partial charge in [-0.2, -0.15) is 0 Å². The molecule has 0 bridgehead atoms. The molecule has 0 N–H and O–H groups in total. The first-order chi connectivity index (χ1) is 47.9. The maximum absolute atomic E-state index is 2.89. The molecule has 504 valence electrons. The van der Waals surface area contributed by atoms with E-state index in [2.05, 4.69) is 358 Å². The number of anilines is 8. The average Bonchev–Trinajstić information content (AvgIpc) is 1.38. The molecule has 1 saturated carbocycles. The van der Waals surface area contributed by atoms with Crippen LogP contribution >= 0.6 is 0 Å². The van der Waals surface area contributed by atoms with E-state index in [-0.39, 0.29) is 55.6 Å².